The number of hydrogen-bond donors (Lipinski definition) is 2. The molecule has 0 aliphatic heterocycles. The zero-order chi connectivity index (χ0) is 17.7. The third-order valence-corrected chi connectivity index (χ3v) is 3.75. The van der Waals surface area contributed by atoms with Crippen LogP contribution in [-0.2, 0) is 9.59 Å². The van der Waals surface area contributed by atoms with Gasteiger partial charge in [0.25, 0.3) is 0 Å². The molecule has 0 bridgehead atoms. The van der Waals surface area contributed by atoms with Crippen LogP contribution < -0.4 is 10.6 Å². The molecule has 0 aliphatic carbocycles. The summed E-state index contributed by atoms with van der Waals surface area (Å²) >= 11 is 0. The van der Waals surface area contributed by atoms with Crippen LogP contribution in [0.25, 0.3) is 0 Å². The van der Waals surface area contributed by atoms with Gasteiger partial charge < -0.3 is 10.6 Å². The highest BCUT2D eigenvalue weighted by Crippen LogP contribution is 2.20. The molecule has 2 rings (SSSR count). The van der Waals surface area contributed by atoms with Crippen molar-refractivity contribution in [1.29, 1.82) is 0 Å². The van der Waals surface area contributed by atoms with Crippen LogP contribution in [0.3, 0.4) is 0 Å². The van der Waals surface area contributed by atoms with Crippen molar-refractivity contribution in [2.24, 2.45) is 0 Å². The predicted octanol–water partition coefficient (Wildman–Crippen LogP) is 3.82. The van der Waals surface area contributed by atoms with E-state index in [0.717, 1.165) is 27.9 Å². The second-order valence-electron chi connectivity index (χ2n) is 6.29. The van der Waals surface area contributed by atoms with E-state index in [2.05, 4.69) is 16.7 Å². The maximum Gasteiger partial charge on any atom is 0.226 e. The summed E-state index contributed by atoms with van der Waals surface area (Å²) in [6.45, 7) is 7.46. The Kier molecular flexibility index (Phi) is 5.74. The Balaban J connectivity index is 2.11. The predicted molar refractivity (Wildman–Crippen MR) is 96.9 cm³/mol. The van der Waals surface area contributed by atoms with Crippen LogP contribution >= 0.6 is 0 Å². The minimum absolute atomic E-state index is 0.126. The Bertz CT molecular complexity index is 716. The van der Waals surface area contributed by atoms with Crippen molar-refractivity contribution < 1.29 is 9.59 Å². The lowest BCUT2D eigenvalue weighted by Gasteiger charge is -2.18. The summed E-state index contributed by atoms with van der Waals surface area (Å²) in [7, 11) is 0. The molecule has 2 N–H and O–H groups in total. The molecular weight excluding hydrogens is 300 g/mol. The second-order valence-corrected chi connectivity index (χ2v) is 6.29. The molecule has 0 radical (unpaired) electrons. The van der Waals surface area contributed by atoms with Crippen LogP contribution in [0.2, 0.25) is 0 Å². The van der Waals surface area contributed by atoms with Crippen molar-refractivity contribution in [3.8, 4) is 0 Å². The molecule has 0 spiro atoms. The number of hydrogen-bond acceptors (Lipinski definition) is 2. The topological polar surface area (TPSA) is 58.2 Å². The summed E-state index contributed by atoms with van der Waals surface area (Å²) in [5.41, 5.74) is 5.04. The van der Waals surface area contributed by atoms with Gasteiger partial charge in [-0.25, -0.2) is 0 Å². The molecule has 0 aromatic heterocycles. The highest BCUT2D eigenvalue weighted by molar-refractivity contribution is 5.91. The molecule has 24 heavy (non-hydrogen) atoms. The van der Waals surface area contributed by atoms with E-state index in [9.17, 15) is 9.59 Å². The summed E-state index contributed by atoms with van der Waals surface area (Å²) in [6, 6.07) is 13.4. The van der Waals surface area contributed by atoms with Crippen molar-refractivity contribution in [3.05, 3.63) is 64.7 Å². The number of amides is 2. The zero-order valence-electron chi connectivity index (χ0n) is 14.6. The Hall–Kier alpha value is -2.62. The fourth-order valence-electron chi connectivity index (χ4n) is 2.74. The normalized spacial score (nSPS) is 11.7. The van der Waals surface area contributed by atoms with E-state index in [0.29, 0.717) is 0 Å². The number of benzene rings is 2. The summed E-state index contributed by atoms with van der Waals surface area (Å²) < 4.78 is 0. The first kappa shape index (κ1) is 17.7. The lowest BCUT2D eigenvalue weighted by Crippen LogP contribution is -2.29. The van der Waals surface area contributed by atoms with Crippen LogP contribution in [0.4, 0.5) is 5.69 Å². The van der Waals surface area contributed by atoms with Gasteiger partial charge in [-0.15, -0.1) is 0 Å². The van der Waals surface area contributed by atoms with E-state index in [1.54, 1.807) is 0 Å². The van der Waals surface area contributed by atoms with E-state index >= 15 is 0 Å². The minimum Gasteiger partial charge on any atom is -0.349 e. The fraction of sp³-hybridized carbons (Fsp3) is 0.300. The first-order chi connectivity index (χ1) is 11.3. The SMILES string of the molecule is CC(=O)NC(CC(=O)Nc1cc(C)cc(C)c1)c1ccc(C)cc1. The van der Waals surface area contributed by atoms with Crippen molar-refractivity contribution >= 4 is 17.5 Å². The van der Waals surface area contributed by atoms with Crippen LogP contribution in [-0.4, -0.2) is 11.8 Å². The largest absolute Gasteiger partial charge is 0.349 e. The van der Waals surface area contributed by atoms with Gasteiger partial charge in [0.15, 0.2) is 0 Å². The molecule has 4 nitrogen and oxygen atoms in total. The van der Waals surface area contributed by atoms with Crippen molar-refractivity contribution in [3.63, 3.8) is 0 Å². The number of anilines is 1. The summed E-state index contributed by atoms with van der Waals surface area (Å²) in [5, 5.41) is 5.77. The maximum atomic E-state index is 12.4. The van der Waals surface area contributed by atoms with Gasteiger partial charge in [-0.05, 0) is 49.6 Å². The molecule has 0 saturated heterocycles. The molecule has 0 fully saturated rings. The number of aryl methyl sites for hydroxylation is 3. The maximum absolute atomic E-state index is 12.4. The van der Waals surface area contributed by atoms with Crippen LogP contribution in [0.1, 0.15) is 41.6 Å². The lowest BCUT2D eigenvalue weighted by molar-refractivity contribution is -0.120. The summed E-state index contributed by atoms with van der Waals surface area (Å²) in [4.78, 5) is 23.9. The van der Waals surface area contributed by atoms with E-state index < -0.39 is 0 Å². The smallest absolute Gasteiger partial charge is 0.226 e. The molecule has 2 aromatic carbocycles. The molecular formula is C20H24N2O2. The van der Waals surface area contributed by atoms with Crippen LogP contribution in [0.15, 0.2) is 42.5 Å². The molecule has 0 saturated carbocycles. The molecule has 126 valence electrons. The van der Waals surface area contributed by atoms with E-state index in [-0.39, 0.29) is 24.3 Å². The molecule has 0 aliphatic rings. The Labute approximate surface area is 143 Å². The highest BCUT2D eigenvalue weighted by atomic mass is 16.2. The molecule has 1 unspecified atom stereocenters. The van der Waals surface area contributed by atoms with Gasteiger partial charge in [-0.3, -0.25) is 9.59 Å². The highest BCUT2D eigenvalue weighted by Gasteiger charge is 2.17. The quantitative estimate of drug-likeness (QED) is 0.878. The minimum atomic E-state index is -0.339. The first-order valence-electron chi connectivity index (χ1n) is 8.05. The average Bonchev–Trinajstić information content (AvgIpc) is 2.45. The standard InChI is InChI=1S/C20H24N2O2/c1-13-5-7-17(8-6-13)19(21-16(4)23)12-20(24)22-18-10-14(2)9-15(3)11-18/h5-11,19H,12H2,1-4H3,(H,21,23)(H,22,24). The van der Waals surface area contributed by atoms with Crippen molar-refractivity contribution in [2.45, 2.75) is 40.2 Å². The fourth-order valence-corrected chi connectivity index (χ4v) is 2.74. The van der Waals surface area contributed by atoms with Crippen LogP contribution in [0.5, 0.6) is 0 Å². The molecule has 4 heteroatoms. The van der Waals surface area contributed by atoms with E-state index in [4.69, 9.17) is 0 Å². The summed E-state index contributed by atoms with van der Waals surface area (Å²) in [6.07, 6.45) is 0.190. The number of nitrogens with one attached hydrogen (secondary N) is 2. The van der Waals surface area contributed by atoms with Gasteiger partial charge >= 0.3 is 0 Å². The number of carbonyl (C=O) groups excluding carboxylic acids is 2. The van der Waals surface area contributed by atoms with Crippen LogP contribution in [0, 0.1) is 20.8 Å². The molecule has 0 heterocycles. The zero-order valence-corrected chi connectivity index (χ0v) is 14.6. The lowest BCUT2D eigenvalue weighted by atomic mass is 10.0. The Morgan fingerprint density at radius 1 is 0.917 bits per heavy atom. The van der Waals surface area contributed by atoms with Gasteiger partial charge in [0, 0.05) is 12.6 Å². The number of rotatable bonds is 5. The van der Waals surface area contributed by atoms with E-state index in [1.807, 2.05) is 57.2 Å². The summed E-state index contributed by atoms with van der Waals surface area (Å²) in [5.74, 6) is -0.279. The van der Waals surface area contributed by atoms with E-state index in [1.165, 1.54) is 6.92 Å². The third kappa shape index (κ3) is 5.23. The third-order valence-electron chi connectivity index (χ3n) is 3.75. The molecule has 1 atom stereocenters. The Morgan fingerprint density at radius 2 is 1.50 bits per heavy atom. The first-order valence-corrected chi connectivity index (χ1v) is 8.05. The molecule has 2 amide bonds. The van der Waals surface area contributed by atoms with Gasteiger partial charge in [-0.2, -0.15) is 0 Å². The average molecular weight is 324 g/mol. The Morgan fingerprint density at radius 3 is 2.04 bits per heavy atom. The van der Waals surface area contributed by atoms with Gasteiger partial charge in [0.1, 0.15) is 0 Å². The van der Waals surface area contributed by atoms with Gasteiger partial charge in [-0.1, -0.05) is 35.9 Å². The number of carbonyl (C=O) groups is 2. The van der Waals surface area contributed by atoms with Crippen molar-refractivity contribution in [1.82, 2.24) is 5.32 Å². The molecule has 2 aromatic rings. The van der Waals surface area contributed by atoms with Crippen molar-refractivity contribution in [2.75, 3.05) is 5.32 Å². The monoisotopic (exact) mass is 324 g/mol. The van der Waals surface area contributed by atoms with Gasteiger partial charge in [0.05, 0.1) is 12.5 Å². The second kappa shape index (κ2) is 7.77. The van der Waals surface area contributed by atoms with Gasteiger partial charge in [0.2, 0.25) is 11.8 Å².